The smallest absolute Gasteiger partial charge is 0.227 e. The van der Waals surface area contributed by atoms with E-state index in [4.69, 9.17) is 4.98 Å². The number of pyridine rings is 1. The van der Waals surface area contributed by atoms with Crippen molar-refractivity contribution in [1.29, 1.82) is 0 Å². The fraction of sp³-hybridized carbons (Fsp3) is 0.448. The molecule has 5 aliphatic heterocycles. The summed E-state index contributed by atoms with van der Waals surface area (Å²) in [4.78, 5) is 33.8. The molecule has 194 valence electrons. The number of benzene rings is 1. The number of nitrogens with zero attached hydrogens (tertiary/aromatic N) is 6. The molecule has 1 saturated heterocycles. The Morgan fingerprint density at radius 3 is 2.70 bits per heavy atom. The number of nitrogens with one attached hydrogen (secondary N) is 1. The van der Waals surface area contributed by atoms with Crippen molar-refractivity contribution in [2.45, 2.75) is 39.3 Å². The number of carbonyl (C=O) groups excluding carboxylic acids is 1. The van der Waals surface area contributed by atoms with Crippen molar-refractivity contribution in [3.05, 3.63) is 60.4 Å². The van der Waals surface area contributed by atoms with E-state index in [9.17, 15) is 4.79 Å². The maximum Gasteiger partial charge on any atom is 0.227 e. The van der Waals surface area contributed by atoms with Gasteiger partial charge < -0.3 is 10.2 Å². The lowest BCUT2D eigenvalue weighted by Crippen LogP contribution is -2.52. The van der Waals surface area contributed by atoms with Crippen LogP contribution < -0.4 is 10.2 Å². The Bertz CT molecular complexity index is 1210. The second-order valence-corrected chi connectivity index (χ2v) is 10.5. The summed E-state index contributed by atoms with van der Waals surface area (Å²) in [6.45, 7) is 9.43. The van der Waals surface area contributed by atoms with E-state index in [1.807, 2.05) is 30.5 Å². The third-order valence-electron chi connectivity index (χ3n) is 7.57. The highest BCUT2D eigenvalue weighted by Gasteiger charge is 2.26. The molecule has 0 aliphatic carbocycles. The molecular formula is C29H37N7O. The van der Waals surface area contributed by atoms with Crippen LogP contribution in [-0.4, -0.2) is 76.3 Å². The summed E-state index contributed by atoms with van der Waals surface area (Å²) in [6.07, 6.45) is 5.49. The summed E-state index contributed by atoms with van der Waals surface area (Å²) in [5, 5.41) is 3.37. The zero-order valence-electron chi connectivity index (χ0n) is 22.1. The molecule has 0 amide bonds. The molecular weight excluding hydrogens is 462 g/mol. The molecule has 8 bridgehead atoms. The van der Waals surface area contributed by atoms with E-state index in [1.165, 1.54) is 5.56 Å². The maximum atomic E-state index is 13.0. The largest absolute Gasteiger partial charge is 0.360 e. The first-order valence-corrected chi connectivity index (χ1v) is 13.3. The number of Topliss-reactive ketones (excluding diaryl/α,β-unsaturated/α-hetero) is 1. The van der Waals surface area contributed by atoms with Crippen LogP contribution in [0.25, 0.3) is 11.3 Å². The van der Waals surface area contributed by atoms with Gasteiger partial charge in [-0.3, -0.25) is 14.6 Å². The van der Waals surface area contributed by atoms with Gasteiger partial charge in [0.15, 0.2) is 0 Å². The quantitative estimate of drug-likeness (QED) is 0.493. The number of hydrogen-bond acceptors (Lipinski definition) is 8. The predicted octanol–water partition coefficient (Wildman–Crippen LogP) is 4.22. The van der Waals surface area contributed by atoms with Crippen molar-refractivity contribution in [3.63, 3.8) is 0 Å². The van der Waals surface area contributed by atoms with E-state index in [0.29, 0.717) is 24.3 Å². The number of aromatic nitrogens is 3. The summed E-state index contributed by atoms with van der Waals surface area (Å²) in [6, 6.07) is 14.8. The van der Waals surface area contributed by atoms with E-state index in [-0.39, 0.29) is 5.92 Å². The molecule has 5 aliphatic rings. The lowest BCUT2D eigenvalue weighted by molar-refractivity contribution is -0.124. The summed E-state index contributed by atoms with van der Waals surface area (Å²) >= 11 is 0. The molecule has 2 aromatic heterocycles. The molecule has 1 aromatic carbocycles. The van der Waals surface area contributed by atoms with Crippen molar-refractivity contribution in [1.82, 2.24) is 24.8 Å². The van der Waals surface area contributed by atoms with Gasteiger partial charge in [-0.2, -0.15) is 0 Å². The topological polar surface area (TPSA) is 77.5 Å². The standard InChI is InChI=1S/C29H37N7O/c1-21-6-5-13-34(3)28-10-9-24(17-31-28)26-11-12-30-29(33-26)32-25-8-4-7-23(16-25)19-36-15-14-35(18-22(36)2)20-27(21)37/h4,7-12,16-17,21-22H,5-6,13-15,18-20H2,1-3H3,(H,30,32,33). The number of hydrogen-bond donors (Lipinski definition) is 1. The lowest BCUT2D eigenvalue weighted by atomic mass is 9.99. The highest BCUT2D eigenvalue weighted by Crippen LogP contribution is 2.23. The Labute approximate surface area is 219 Å². The van der Waals surface area contributed by atoms with Crippen molar-refractivity contribution < 1.29 is 4.79 Å². The first-order valence-electron chi connectivity index (χ1n) is 13.3. The molecule has 3 aromatic rings. The summed E-state index contributed by atoms with van der Waals surface area (Å²) in [5.41, 5.74) is 3.98. The Balaban J connectivity index is 1.40. The molecule has 8 nitrogen and oxygen atoms in total. The van der Waals surface area contributed by atoms with Gasteiger partial charge in [0, 0.05) is 75.4 Å². The van der Waals surface area contributed by atoms with Gasteiger partial charge in [0.1, 0.15) is 11.6 Å². The minimum absolute atomic E-state index is 0.0703. The van der Waals surface area contributed by atoms with Crippen molar-refractivity contribution in [2.75, 3.05) is 50.0 Å². The number of rotatable bonds is 0. The van der Waals surface area contributed by atoms with E-state index >= 15 is 0 Å². The fourth-order valence-corrected chi connectivity index (χ4v) is 5.19. The Morgan fingerprint density at radius 1 is 1.00 bits per heavy atom. The zero-order valence-corrected chi connectivity index (χ0v) is 22.1. The molecule has 4 unspecified atom stereocenters. The molecule has 4 atom stereocenters. The molecule has 0 saturated carbocycles. The van der Waals surface area contributed by atoms with E-state index in [2.05, 4.69) is 69.1 Å². The van der Waals surface area contributed by atoms with Crippen LogP contribution in [0, 0.1) is 5.92 Å². The van der Waals surface area contributed by atoms with Crippen LogP contribution in [0.5, 0.6) is 0 Å². The van der Waals surface area contributed by atoms with Gasteiger partial charge in [-0.25, -0.2) is 15.0 Å². The predicted molar refractivity (Wildman–Crippen MR) is 148 cm³/mol. The van der Waals surface area contributed by atoms with Gasteiger partial charge in [-0.1, -0.05) is 19.1 Å². The van der Waals surface area contributed by atoms with Gasteiger partial charge in [-0.05, 0) is 55.7 Å². The minimum atomic E-state index is 0.0703. The van der Waals surface area contributed by atoms with Gasteiger partial charge in [0.05, 0.1) is 12.2 Å². The SMILES string of the molecule is CC1CCCN(C)c2ccc(cn2)-c2ccnc(n2)Nc2cccc(c2)CN2CCN(CC1=O)CC2C. The molecule has 7 heterocycles. The van der Waals surface area contributed by atoms with Crippen LogP contribution in [-0.2, 0) is 11.3 Å². The molecule has 8 heteroatoms. The average Bonchev–Trinajstić information content (AvgIpc) is 2.90. The van der Waals surface area contributed by atoms with Crippen LogP contribution in [0.2, 0.25) is 0 Å². The van der Waals surface area contributed by atoms with Crippen molar-refractivity contribution in [3.8, 4) is 11.3 Å². The normalized spacial score (nSPS) is 25.1. The van der Waals surface area contributed by atoms with Gasteiger partial charge >= 0.3 is 0 Å². The number of ketones is 1. The third kappa shape index (κ3) is 6.32. The number of anilines is 3. The monoisotopic (exact) mass is 499 g/mol. The molecule has 37 heavy (non-hydrogen) atoms. The molecule has 1 fully saturated rings. The van der Waals surface area contributed by atoms with Gasteiger partial charge in [0.2, 0.25) is 5.95 Å². The Morgan fingerprint density at radius 2 is 1.89 bits per heavy atom. The van der Waals surface area contributed by atoms with E-state index in [1.54, 1.807) is 6.20 Å². The summed E-state index contributed by atoms with van der Waals surface area (Å²) in [7, 11) is 2.05. The summed E-state index contributed by atoms with van der Waals surface area (Å²) in [5.74, 6) is 1.90. The van der Waals surface area contributed by atoms with Crippen LogP contribution in [0.4, 0.5) is 17.5 Å². The van der Waals surface area contributed by atoms with Crippen LogP contribution in [0.1, 0.15) is 32.3 Å². The van der Waals surface area contributed by atoms with Crippen LogP contribution in [0.3, 0.4) is 0 Å². The van der Waals surface area contributed by atoms with Crippen LogP contribution >= 0.6 is 0 Å². The van der Waals surface area contributed by atoms with Crippen molar-refractivity contribution in [2.24, 2.45) is 5.92 Å². The minimum Gasteiger partial charge on any atom is -0.360 e. The second-order valence-electron chi connectivity index (χ2n) is 10.5. The molecule has 0 radical (unpaired) electrons. The zero-order chi connectivity index (χ0) is 25.8. The summed E-state index contributed by atoms with van der Waals surface area (Å²) < 4.78 is 0. The van der Waals surface area contributed by atoms with E-state index in [0.717, 1.165) is 68.3 Å². The van der Waals surface area contributed by atoms with Crippen LogP contribution in [0.15, 0.2) is 54.9 Å². The Hall–Kier alpha value is -3.36. The lowest BCUT2D eigenvalue weighted by Gasteiger charge is -2.40. The van der Waals surface area contributed by atoms with Gasteiger partial charge in [-0.15, -0.1) is 0 Å². The first kappa shape index (κ1) is 25.3. The molecule has 8 rings (SSSR count). The average molecular weight is 500 g/mol. The highest BCUT2D eigenvalue weighted by atomic mass is 16.1. The fourth-order valence-electron chi connectivity index (χ4n) is 5.19. The number of carbonyl (C=O) groups is 1. The second kappa shape index (κ2) is 11.4. The Kier molecular flexibility index (Phi) is 7.76. The van der Waals surface area contributed by atoms with Gasteiger partial charge in [0.25, 0.3) is 0 Å². The molecule has 1 N–H and O–H groups in total. The van der Waals surface area contributed by atoms with E-state index < -0.39 is 0 Å². The number of piperazine rings is 1. The first-order chi connectivity index (χ1) is 17.9. The molecule has 0 spiro atoms. The maximum absolute atomic E-state index is 13.0. The van der Waals surface area contributed by atoms with Crippen molar-refractivity contribution >= 4 is 23.2 Å². The third-order valence-corrected chi connectivity index (χ3v) is 7.57. The highest BCUT2D eigenvalue weighted by molar-refractivity contribution is 5.82.